The van der Waals surface area contributed by atoms with Crippen LogP contribution in [-0.4, -0.2) is 18.1 Å². The van der Waals surface area contributed by atoms with Crippen LogP contribution in [0.25, 0.3) is 22.0 Å². The minimum Gasteiger partial charge on any atom is -0.371 e. The van der Waals surface area contributed by atoms with Crippen molar-refractivity contribution in [2.24, 2.45) is 0 Å². The molecule has 0 atom stereocenters. The van der Waals surface area contributed by atoms with Crippen LogP contribution in [0.2, 0.25) is 0 Å². The van der Waals surface area contributed by atoms with Crippen LogP contribution in [-0.2, 0) is 12.8 Å². The lowest BCUT2D eigenvalue weighted by Gasteiger charge is -2.31. The second kappa shape index (κ2) is 8.63. The van der Waals surface area contributed by atoms with E-state index in [-0.39, 0.29) is 0 Å². The van der Waals surface area contributed by atoms with Gasteiger partial charge in [0.05, 0.1) is 5.52 Å². The van der Waals surface area contributed by atoms with Gasteiger partial charge in [-0.05, 0) is 74.3 Å². The molecule has 0 saturated carbocycles. The molecule has 2 heterocycles. The number of H-pyrrole nitrogens is 1. The normalized spacial score (nSPS) is 13.5. The Kier molecular flexibility index (Phi) is 5.55. The smallest absolute Gasteiger partial charge is 0.0536 e. The van der Waals surface area contributed by atoms with Crippen molar-refractivity contribution in [3.8, 4) is 11.1 Å². The van der Waals surface area contributed by atoms with E-state index >= 15 is 0 Å². The zero-order valence-electron chi connectivity index (χ0n) is 18.7. The van der Waals surface area contributed by atoms with E-state index in [9.17, 15) is 0 Å². The second-order valence-corrected chi connectivity index (χ2v) is 9.04. The predicted molar refractivity (Wildman–Crippen MR) is 133 cm³/mol. The summed E-state index contributed by atoms with van der Waals surface area (Å²) in [6, 6.07) is 22.3. The molecule has 0 spiro atoms. The van der Waals surface area contributed by atoms with Gasteiger partial charge in [0.1, 0.15) is 0 Å². The quantitative estimate of drug-likeness (QED) is 0.333. The lowest BCUT2D eigenvalue weighted by Crippen LogP contribution is -2.30. The van der Waals surface area contributed by atoms with Crippen LogP contribution in [0.1, 0.15) is 41.5 Å². The number of unbranched alkanes of at least 4 members (excludes halogenated alkanes) is 1. The number of aromatic amines is 1. The van der Waals surface area contributed by atoms with Crippen molar-refractivity contribution in [3.05, 3.63) is 89.1 Å². The molecule has 1 aromatic heterocycles. The summed E-state index contributed by atoms with van der Waals surface area (Å²) in [4.78, 5) is 6.18. The zero-order chi connectivity index (χ0) is 21.2. The summed E-state index contributed by atoms with van der Waals surface area (Å²) >= 11 is 0. The first-order valence-corrected chi connectivity index (χ1v) is 11.7. The Balaban J connectivity index is 1.27. The molecule has 0 saturated heterocycles. The number of nitrogens with zero attached hydrogens (tertiary/aromatic N) is 1. The van der Waals surface area contributed by atoms with Crippen LogP contribution >= 0.6 is 0 Å². The largest absolute Gasteiger partial charge is 0.371 e. The first-order valence-electron chi connectivity index (χ1n) is 11.7. The highest BCUT2D eigenvalue weighted by molar-refractivity contribution is 5.96. The van der Waals surface area contributed by atoms with E-state index in [1.54, 1.807) is 0 Å². The number of para-hydroxylation sites is 1. The fraction of sp³-hybridized carbons (Fsp3) is 0.310. The molecular weight excluding hydrogens is 376 g/mol. The molecule has 0 fully saturated rings. The van der Waals surface area contributed by atoms with Crippen LogP contribution in [0.4, 0.5) is 5.69 Å². The van der Waals surface area contributed by atoms with Gasteiger partial charge >= 0.3 is 0 Å². The summed E-state index contributed by atoms with van der Waals surface area (Å²) < 4.78 is 0. The maximum absolute atomic E-state index is 3.58. The van der Waals surface area contributed by atoms with E-state index in [1.807, 2.05) is 0 Å². The predicted octanol–water partition coefficient (Wildman–Crippen LogP) is 7.23. The number of hydrogen-bond acceptors (Lipinski definition) is 1. The fourth-order valence-electron chi connectivity index (χ4n) is 5.17. The molecule has 1 aliphatic rings. The zero-order valence-corrected chi connectivity index (χ0v) is 18.7. The van der Waals surface area contributed by atoms with Crippen molar-refractivity contribution in [1.29, 1.82) is 0 Å². The first kappa shape index (κ1) is 19.9. The second-order valence-electron chi connectivity index (χ2n) is 9.04. The number of aromatic nitrogens is 1. The maximum Gasteiger partial charge on any atom is 0.0536 e. The van der Waals surface area contributed by atoms with Gasteiger partial charge in [0.25, 0.3) is 0 Å². The number of nitrogens with one attached hydrogen (secondary N) is 1. The highest BCUT2D eigenvalue weighted by Gasteiger charge is 2.16. The van der Waals surface area contributed by atoms with Gasteiger partial charge in [-0.1, -0.05) is 60.2 Å². The highest BCUT2D eigenvalue weighted by atomic mass is 15.1. The minimum absolute atomic E-state index is 1.13. The molecule has 1 aliphatic heterocycles. The Morgan fingerprint density at radius 2 is 1.77 bits per heavy atom. The van der Waals surface area contributed by atoms with Gasteiger partial charge in [-0.2, -0.15) is 0 Å². The summed E-state index contributed by atoms with van der Waals surface area (Å²) in [7, 11) is 0. The van der Waals surface area contributed by atoms with Gasteiger partial charge in [0, 0.05) is 35.9 Å². The van der Waals surface area contributed by atoms with E-state index in [4.69, 9.17) is 0 Å². The molecule has 0 unspecified atom stereocenters. The van der Waals surface area contributed by atoms with Gasteiger partial charge in [-0.15, -0.1) is 0 Å². The number of aryl methyl sites for hydroxylation is 4. The molecule has 0 aliphatic carbocycles. The van der Waals surface area contributed by atoms with Crippen molar-refractivity contribution in [1.82, 2.24) is 4.98 Å². The molecule has 5 rings (SSSR count). The summed E-state index contributed by atoms with van der Waals surface area (Å²) in [5.41, 5.74) is 11.0. The summed E-state index contributed by atoms with van der Waals surface area (Å²) in [6.45, 7) is 6.75. The molecule has 1 N–H and O–H groups in total. The van der Waals surface area contributed by atoms with Crippen molar-refractivity contribution in [2.45, 2.75) is 46.0 Å². The number of benzene rings is 3. The van der Waals surface area contributed by atoms with Crippen LogP contribution in [0.15, 0.2) is 66.9 Å². The van der Waals surface area contributed by atoms with E-state index in [2.05, 4.69) is 90.6 Å². The number of rotatable bonds is 6. The number of fused-ring (bicyclic) bond motifs is 2. The Morgan fingerprint density at radius 3 is 2.68 bits per heavy atom. The number of anilines is 1. The van der Waals surface area contributed by atoms with E-state index < -0.39 is 0 Å². The van der Waals surface area contributed by atoms with Crippen molar-refractivity contribution >= 4 is 16.6 Å². The lowest BCUT2D eigenvalue weighted by atomic mass is 9.97. The van der Waals surface area contributed by atoms with E-state index in [0.717, 1.165) is 13.0 Å². The maximum atomic E-state index is 3.58. The first-order chi connectivity index (χ1) is 15.2. The van der Waals surface area contributed by atoms with Gasteiger partial charge in [-0.25, -0.2) is 0 Å². The molecule has 4 aromatic rings. The Bertz CT molecular complexity index is 1200. The lowest BCUT2D eigenvalue weighted by molar-refractivity contribution is 0.644. The molecule has 0 bridgehead atoms. The van der Waals surface area contributed by atoms with Crippen molar-refractivity contribution in [2.75, 3.05) is 18.0 Å². The van der Waals surface area contributed by atoms with Crippen LogP contribution in [0.5, 0.6) is 0 Å². The Hall–Kier alpha value is -3.00. The SMILES string of the molecule is Cc1ccc2c(c1)CCCN2CCCCc1c[nH]c2c(-c3ccccc3C)cccc12. The average molecular weight is 409 g/mol. The van der Waals surface area contributed by atoms with Crippen molar-refractivity contribution < 1.29 is 0 Å². The summed E-state index contributed by atoms with van der Waals surface area (Å²) in [5, 5.41) is 1.37. The van der Waals surface area contributed by atoms with Gasteiger partial charge in [-0.3, -0.25) is 0 Å². The third-order valence-corrected chi connectivity index (χ3v) is 6.81. The fourth-order valence-corrected chi connectivity index (χ4v) is 5.17. The average Bonchev–Trinajstić information content (AvgIpc) is 3.20. The summed E-state index contributed by atoms with van der Waals surface area (Å²) in [6.07, 6.45) is 8.32. The van der Waals surface area contributed by atoms with Gasteiger partial charge in [0.2, 0.25) is 0 Å². The minimum atomic E-state index is 1.13. The monoisotopic (exact) mass is 408 g/mol. The third-order valence-electron chi connectivity index (χ3n) is 6.81. The summed E-state index contributed by atoms with van der Waals surface area (Å²) in [5.74, 6) is 0. The van der Waals surface area contributed by atoms with Gasteiger partial charge in [0.15, 0.2) is 0 Å². The number of hydrogen-bond donors (Lipinski definition) is 1. The van der Waals surface area contributed by atoms with Crippen LogP contribution < -0.4 is 4.90 Å². The molecule has 3 aromatic carbocycles. The highest BCUT2D eigenvalue weighted by Crippen LogP contribution is 2.32. The Morgan fingerprint density at radius 1 is 0.903 bits per heavy atom. The topological polar surface area (TPSA) is 19.0 Å². The van der Waals surface area contributed by atoms with Crippen molar-refractivity contribution in [3.63, 3.8) is 0 Å². The molecule has 158 valence electrons. The molecule has 2 heteroatoms. The molecular formula is C29H32N2. The third kappa shape index (κ3) is 3.99. The molecule has 0 amide bonds. The van der Waals surface area contributed by atoms with E-state index in [0.29, 0.717) is 0 Å². The molecule has 2 nitrogen and oxygen atoms in total. The molecule has 31 heavy (non-hydrogen) atoms. The van der Waals surface area contributed by atoms with E-state index in [1.165, 1.54) is 82.2 Å². The van der Waals surface area contributed by atoms with Crippen LogP contribution in [0, 0.1) is 13.8 Å². The molecule has 0 radical (unpaired) electrons. The van der Waals surface area contributed by atoms with Gasteiger partial charge < -0.3 is 9.88 Å². The van der Waals surface area contributed by atoms with Crippen LogP contribution in [0.3, 0.4) is 0 Å². The Labute approximate surface area is 185 Å². The standard InChI is InChI=1S/C29H32N2/c1-21-15-16-28-23(19-21)11-8-18-31(28)17-6-5-10-24-20-30-29-26(24)13-7-14-27(29)25-12-4-3-9-22(25)2/h3-4,7,9,12-16,19-20,30H,5-6,8,10-11,17-18H2,1-2H3.